The van der Waals surface area contributed by atoms with Gasteiger partial charge in [0.05, 0.1) is 11.3 Å². The molecule has 21 heavy (non-hydrogen) atoms. The van der Waals surface area contributed by atoms with Crippen molar-refractivity contribution in [1.82, 2.24) is 4.90 Å². The van der Waals surface area contributed by atoms with Crippen LogP contribution >= 0.6 is 15.9 Å². The molecule has 1 heterocycles. The summed E-state index contributed by atoms with van der Waals surface area (Å²) < 4.78 is 0.469. The minimum atomic E-state index is -0.997. The molecule has 1 N–H and O–H groups in total. The number of nitro groups is 1. The van der Waals surface area contributed by atoms with Crippen molar-refractivity contribution in [2.75, 3.05) is 6.54 Å². The molecule has 1 aromatic carbocycles. The Morgan fingerprint density at radius 1 is 1.48 bits per heavy atom. The van der Waals surface area contributed by atoms with Crippen molar-refractivity contribution in [3.8, 4) is 0 Å². The average molecular weight is 357 g/mol. The van der Waals surface area contributed by atoms with Crippen molar-refractivity contribution in [1.29, 1.82) is 0 Å². The molecule has 1 fully saturated rings. The lowest BCUT2D eigenvalue weighted by atomic mass is 10.1. The second kappa shape index (κ2) is 6.21. The Labute approximate surface area is 128 Å². The van der Waals surface area contributed by atoms with E-state index in [1.54, 1.807) is 0 Å². The number of hydrogen-bond acceptors (Lipinski definition) is 4. The minimum Gasteiger partial charge on any atom is -0.480 e. The molecular weight excluding hydrogens is 344 g/mol. The van der Waals surface area contributed by atoms with Gasteiger partial charge in [0.1, 0.15) is 6.04 Å². The number of aliphatic carboxylic acids is 1. The number of halogens is 1. The van der Waals surface area contributed by atoms with E-state index in [4.69, 9.17) is 5.11 Å². The van der Waals surface area contributed by atoms with Gasteiger partial charge in [-0.15, -0.1) is 0 Å². The molecule has 1 aliphatic rings. The van der Waals surface area contributed by atoms with Gasteiger partial charge in [-0.2, -0.15) is 0 Å². The van der Waals surface area contributed by atoms with Crippen molar-refractivity contribution < 1.29 is 19.6 Å². The average Bonchev–Trinajstić information content (AvgIpc) is 2.90. The Kier molecular flexibility index (Phi) is 4.56. The topological polar surface area (TPSA) is 101 Å². The lowest BCUT2D eigenvalue weighted by Gasteiger charge is -2.21. The zero-order valence-corrected chi connectivity index (χ0v) is 12.6. The van der Waals surface area contributed by atoms with Gasteiger partial charge in [0.2, 0.25) is 5.91 Å². The van der Waals surface area contributed by atoms with Crippen LogP contribution in [0.4, 0.5) is 5.69 Å². The van der Waals surface area contributed by atoms with Crippen LogP contribution in [0.2, 0.25) is 0 Å². The Hall–Kier alpha value is -1.96. The number of carboxylic acids is 1. The zero-order valence-electron chi connectivity index (χ0n) is 11.0. The summed E-state index contributed by atoms with van der Waals surface area (Å²) in [6.07, 6.45) is 1.15. The highest BCUT2D eigenvalue weighted by Crippen LogP contribution is 2.25. The minimum absolute atomic E-state index is 0.0162. The number of carbonyl (C=O) groups excluding carboxylic acids is 1. The first-order chi connectivity index (χ1) is 9.90. The van der Waals surface area contributed by atoms with Crippen LogP contribution in [0.3, 0.4) is 0 Å². The van der Waals surface area contributed by atoms with E-state index in [0.29, 0.717) is 29.4 Å². The number of amides is 1. The maximum Gasteiger partial charge on any atom is 0.326 e. The van der Waals surface area contributed by atoms with E-state index >= 15 is 0 Å². The highest BCUT2D eigenvalue weighted by atomic mass is 79.9. The van der Waals surface area contributed by atoms with Crippen LogP contribution in [0.25, 0.3) is 0 Å². The monoisotopic (exact) mass is 356 g/mol. The van der Waals surface area contributed by atoms with E-state index in [1.807, 2.05) is 0 Å². The van der Waals surface area contributed by atoms with E-state index in [2.05, 4.69) is 15.9 Å². The number of benzene rings is 1. The van der Waals surface area contributed by atoms with Crippen molar-refractivity contribution in [2.24, 2.45) is 0 Å². The van der Waals surface area contributed by atoms with Gasteiger partial charge in [0.25, 0.3) is 5.69 Å². The van der Waals surface area contributed by atoms with E-state index in [1.165, 1.54) is 23.1 Å². The van der Waals surface area contributed by atoms with E-state index < -0.39 is 16.9 Å². The molecule has 1 aromatic rings. The SMILES string of the molecule is O=C(O)[C@@H]1CCCN1C(=O)Cc1ccc([N+](=O)[O-])cc1Br. The quantitative estimate of drug-likeness (QED) is 0.656. The van der Waals surface area contributed by atoms with Gasteiger partial charge in [-0.3, -0.25) is 14.9 Å². The number of rotatable bonds is 4. The Morgan fingerprint density at radius 2 is 2.19 bits per heavy atom. The molecule has 112 valence electrons. The van der Waals surface area contributed by atoms with Crippen molar-refractivity contribution in [3.63, 3.8) is 0 Å². The van der Waals surface area contributed by atoms with Crippen molar-refractivity contribution >= 4 is 33.5 Å². The molecule has 7 nitrogen and oxygen atoms in total. The summed E-state index contributed by atoms with van der Waals surface area (Å²) in [6.45, 7) is 0.431. The maximum absolute atomic E-state index is 12.2. The predicted molar refractivity (Wildman–Crippen MR) is 76.9 cm³/mol. The summed E-state index contributed by atoms with van der Waals surface area (Å²) in [5.74, 6) is -1.28. The third kappa shape index (κ3) is 3.38. The number of non-ortho nitro benzene ring substituents is 1. The Bertz CT molecular complexity index is 604. The number of likely N-dealkylation sites (tertiary alicyclic amines) is 1. The first-order valence-electron chi connectivity index (χ1n) is 6.35. The molecule has 0 spiro atoms. The largest absolute Gasteiger partial charge is 0.480 e. The highest BCUT2D eigenvalue weighted by Gasteiger charge is 2.33. The summed E-state index contributed by atoms with van der Waals surface area (Å²) in [4.78, 5) is 34.8. The van der Waals surface area contributed by atoms with Crippen LogP contribution in [0.5, 0.6) is 0 Å². The molecule has 0 bridgehead atoms. The number of hydrogen-bond donors (Lipinski definition) is 1. The molecule has 0 radical (unpaired) electrons. The maximum atomic E-state index is 12.2. The first-order valence-corrected chi connectivity index (χ1v) is 7.14. The lowest BCUT2D eigenvalue weighted by molar-refractivity contribution is -0.384. The van der Waals surface area contributed by atoms with Gasteiger partial charge in [-0.1, -0.05) is 22.0 Å². The second-order valence-electron chi connectivity index (χ2n) is 4.79. The normalized spacial score (nSPS) is 17.8. The third-order valence-corrected chi connectivity index (χ3v) is 4.19. The van der Waals surface area contributed by atoms with Crippen molar-refractivity contribution in [3.05, 3.63) is 38.3 Å². The van der Waals surface area contributed by atoms with Crippen LogP contribution in [-0.4, -0.2) is 39.4 Å². The van der Waals surface area contributed by atoms with E-state index in [-0.39, 0.29) is 18.0 Å². The Morgan fingerprint density at radius 3 is 2.76 bits per heavy atom. The summed E-state index contributed by atoms with van der Waals surface area (Å²) >= 11 is 3.21. The van der Waals surface area contributed by atoms with Gasteiger partial charge in [0.15, 0.2) is 0 Å². The van der Waals surface area contributed by atoms with Gasteiger partial charge in [0, 0.05) is 23.2 Å². The first kappa shape index (κ1) is 15.4. The fraction of sp³-hybridized carbons (Fsp3) is 0.385. The fourth-order valence-electron chi connectivity index (χ4n) is 2.38. The molecule has 1 atom stereocenters. The molecule has 1 aliphatic heterocycles. The Balaban J connectivity index is 2.13. The molecule has 0 aliphatic carbocycles. The smallest absolute Gasteiger partial charge is 0.326 e. The van der Waals surface area contributed by atoms with Gasteiger partial charge >= 0.3 is 5.97 Å². The molecule has 1 amide bonds. The molecule has 0 aromatic heterocycles. The number of nitro benzene ring substituents is 1. The molecule has 1 saturated heterocycles. The summed E-state index contributed by atoms with van der Waals surface area (Å²) in [5, 5.41) is 19.7. The molecule has 0 unspecified atom stereocenters. The summed E-state index contributed by atoms with van der Waals surface area (Å²) in [7, 11) is 0. The van der Waals surface area contributed by atoms with Gasteiger partial charge < -0.3 is 10.0 Å². The van der Waals surface area contributed by atoms with Crippen LogP contribution in [0, 0.1) is 10.1 Å². The molecular formula is C13H13BrN2O5. The van der Waals surface area contributed by atoms with Crippen LogP contribution in [0.1, 0.15) is 18.4 Å². The highest BCUT2D eigenvalue weighted by molar-refractivity contribution is 9.10. The van der Waals surface area contributed by atoms with Gasteiger partial charge in [-0.05, 0) is 18.4 Å². The second-order valence-corrected chi connectivity index (χ2v) is 5.65. The zero-order chi connectivity index (χ0) is 15.6. The van der Waals surface area contributed by atoms with E-state index in [0.717, 1.165) is 0 Å². The molecule has 8 heteroatoms. The standard InChI is InChI=1S/C13H13BrN2O5/c14-10-7-9(16(20)21)4-3-8(10)6-12(17)15-5-1-2-11(15)13(18)19/h3-4,7,11H,1-2,5-6H2,(H,18,19)/t11-/m0/s1. The molecule has 0 saturated carbocycles. The number of nitrogens with zero attached hydrogens (tertiary/aromatic N) is 2. The molecule has 2 rings (SSSR count). The van der Waals surface area contributed by atoms with Gasteiger partial charge in [-0.25, -0.2) is 4.79 Å². The summed E-state index contributed by atoms with van der Waals surface area (Å²) in [5.41, 5.74) is 0.532. The predicted octanol–water partition coefficient (Wildman–Crippen LogP) is 1.98. The number of carboxylic acid groups (broad SMARTS) is 1. The van der Waals surface area contributed by atoms with Crippen molar-refractivity contribution in [2.45, 2.75) is 25.3 Å². The fourth-order valence-corrected chi connectivity index (χ4v) is 2.89. The third-order valence-electron chi connectivity index (χ3n) is 3.45. The lowest BCUT2D eigenvalue weighted by Crippen LogP contribution is -2.41. The van der Waals surface area contributed by atoms with E-state index in [9.17, 15) is 19.7 Å². The van der Waals surface area contributed by atoms with Crippen LogP contribution < -0.4 is 0 Å². The van der Waals surface area contributed by atoms with Crippen LogP contribution in [-0.2, 0) is 16.0 Å². The number of carbonyl (C=O) groups is 2. The van der Waals surface area contributed by atoms with Crippen LogP contribution in [0.15, 0.2) is 22.7 Å². The summed E-state index contributed by atoms with van der Waals surface area (Å²) in [6, 6.07) is 3.40.